The van der Waals surface area contributed by atoms with E-state index in [4.69, 9.17) is 43.2 Å². The lowest BCUT2D eigenvalue weighted by atomic mass is 9.55. The molecule has 4 aromatic rings. The molecule has 6 atom stereocenters. The number of nitrogens with zero attached hydrogens (tertiary/aromatic N) is 3. The summed E-state index contributed by atoms with van der Waals surface area (Å²) in [7, 11) is 3.04. The topological polar surface area (TPSA) is 200 Å². The number of allylic oxidation sites excluding steroid dienone is 1. The van der Waals surface area contributed by atoms with Crippen molar-refractivity contribution in [2.45, 2.75) is 95.6 Å². The van der Waals surface area contributed by atoms with Gasteiger partial charge in [-0.1, -0.05) is 36.2 Å². The first-order valence-electron chi connectivity index (χ1n) is 24.5. The number of nitriles is 1. The molecule has 0 saturated heterocycles. The van der Waals surface area contributed by atoms with Crippen LogP contribution in [0.15, 0.2) is 108 Å². The lowest BCUT2D eigenvalue weighted by Crippen LogP contribution is -2.70. The number of methoxy groups -OCH3 is 2. The molecule has 1 saturated carbocycles. The number of unbranched alkanes of at least 4 members (excludes halogenated alkanes) is 2. The predicted octanol–water partition coefficient (Wildman–Crippen LogP) is 9.69. The van der Waals surface area contributed by atoms with Crippen molar-refractivity contribution >= 4 is 23.4 Å². The monoisotopic (exact) mass is 984 g/mol. The zero-order chi connectivity index (χ0) is 51.0. The summed E-state index contributed by atoms with van der Waals surface area (Å²) in [4.78, 5) is 37.3. The van der Waals surface area contributed by atoms with Crippen LogP contribution in [-0.2, 0) is 16.1 Å². The maximum atomic E-state index is 15.5. The second-order valence-corrected chi connectivity index (χ2v) is 19.4. The minimum atomic E-state index is -1.60. The molecule has 0 aromatic heterocycles. The molecule has 0 unspecified atom stereocenters. The van der Waals surface area contributed by atoms with Crippen molar-refractivity contribution in [3.63, 3.8) is 0 Å². The van der Waals surface area contributed by atoms with Crippen molar-refractivity contribution in [2.24, 2.45) is 22.9 Å². The highest BCUT2D eigenvalue weighted by molar-refractivity contribution is 6.03. The van der Waals surface area contributed by atoms with Gasteiger partial charge >= 0.3 is 6.09 Å². The average Bonchev–Trinajstić information content (AvgIpc) is 3.86. The number of oxime groups is 1. The van der Waals surface area contributed by atoms with Gasteiger partial charge in [0, 0.05) is 49.3 Å². The van der Waals surface area contributed by atoms with E-state index in [9.17, 15) is 20.3 Å². The average molecular weight is 985 g/mol. The summed E-state index contributed by atoms with van der Waals surface area (Å²) in [5.74, 6) is -0.378. The molecule has 16 heteroatoms. The number of hydrogen-bond acceptors (Lipinski definition) is 14. The van der Waals surface area contributed by atoms with E-state index in [1.165, 1.54) is 7.11 Å². The van der Waals surface area contributed by atoms with Gasteiger partial charge in [0.15, 0.2) is 11.5 Å². The second kappa shape index (κ2) is 22.6. The summed E-state index contributed by atoms with van der Waals surface area (Å²) in [6, 6.07) is 23.7. The van der Waals surface area contributed by atoms with Crippen LogP contribution in [-0.4, -0.2) is 91.1 Å². The molecular weight excluding hydrogens is 921 g/mol. The van der Waals surface area contributed by atoms with Crippen molar-refractivity contribution in [2.75, 3.05) is 46.1 Å². The summed E-state index contributed by atoms with van der Waals surface area (Å²) >= 11 is 0. The number of aliphatic hydroxyl groups is 2. The summed E-state index contributed by atoms with van der Waals surface area (Å²) in [5.41, 5.74) is 3.39. The molecule has 0 radical (unpaired) electrons. The first kappa shape index (κ1) is 51.3. The summed E-state index contributed by atoms with van der Waals surface area (Å²) in [5, 5.41) is 37.6. The molecule has 2 heterocycles. The van der Waals surface area contributed by atoms with Gasteiger partial charge in [0.25, 0.3) is 5.91 Å². The number of benzene rings is 4. The molecule has 0 spiro atoms. The third-order valence-corrected chi connectivity index (χ3v) is 13.6. The van der Waals surface area contributed by atoms with Gasteiger partial charge in [-0.05, 0) is 136 Å². The maximum Gasteiger partial charge on any atom is 0.417 e. The molecule has 2 aliphatic carbocycles. The first-order chi connectivity index (χ1) is 34.8. The Hall–Kier alpha value is -7.06. The van der Waals surface area contributed by atoms with Crippen molar-refractivity contribution in [1.82, 2.24) is 4.90 Å². The molecule has 8 rings (SSSR count). The molecule has 0 bridgehead atoms. The fourth-order valence-electron chi connectivity index (χ4n) is 10.5. The van der Waals surface area contributed by atoms with E-state index in [2.05, 4.69) is 24.0 Å². The van der Waals surface area contributed by atoms with Gasteiger partial charge in [-0.15, -0.1) is 6.58 Å². The smallest absolute Gasteiger partial charge is 0.417 e. The molecule has 4 aromatic carbocycles. The Bertz CT molecular complexity index is 2710. The third kappa shape index (κ3) is 11.0. The standard InChI is InChI=1S/C56H64N4O12/c1-7-26-69-56-50(60(53(63)37-17-14-35(32-57)15-18-37)33-36-16-22-47-49(27-36)68-34-67-47)31-45(59-72-55(2,3)4)42-28-38(12-8-10-24-61)41(13-9-11-25-62)51(52(42)56)43-29-40(20-23-46(43)71-56)70-54(64)58-44-21-19-39(65-5)30-48(44)66-6/h7,14-23,27-30,38,41,50-52,61-62H,1,8-13,24-26,31,33-34H2,2-6H3,(H,58,64)/t38-,41+,50-,51+,52+,56+/m0/s1. The lowest BCUT2D eigenvalue weighted by molar-refractivity contribution is -0.255. The number of nitrogens with one attached hydrogen (secondary N) is 1. The summed E-state index contributed by atoms with van der Waals surface area (Å²) in [6.07, 6.45) is 7.37. The number of hydrogen-bond donors (Lipinski definition) is 3. The summed E-state index contributed by atoms with van der Waals surface area (Å²) in [6.45, 7) is 10.1. The van der Waals surface area contributed by atoms with Gasteiger partial charge in [-0.3, -0.25) is 10.1 Å². The molecular formula is C56H64N4O12. The predicted molar refractivity (Wildman–Crippen MR) is 269 cm³/mol. The zero-order valence-corrected chi connectivity index (χ0v) is 41.6. The number of aliphatic hydroxyl groups excluding tert-OH is 2. The highest BCUT2D eigenvalue weighted by Gasteiger charge is 2.65. The molecule has 72 heavy (non-hydrogen) atoms. The van der Waals surface area contributed by atoms with Gasteiger partial charge in [0.1, 0.15) is 34.6 Å². The Morgan fingerprint density at radius 1 is 0.917 bits per heavy atom. The van der Waals surface area contributed by atoms with E-state index in [1.807, 2.05) is 45.0 Å². The Balaban J connectivity index is 1.33. The Labute approximate surface area is 420 Å². The number of anilines is 1. The number of amides is 2. The second-order valence-electron chi connectivity index (χ2n) is 19.4. The first-order valence-corrected chi connectivity index (χ1v) is 24.5. The minimum absolute atomic E-state index is 0.0184. The molecule has 3 N–H and O–H groups in total. The van der Waals surface area contributed by atoms with E-state index in [1.54, 1.807) is 72.7 Å². The van der Waals surface area contributed by atoms with E-state index in [-0.39, 0.29) is 63.1 Å². The normalized spacial score (nSPS) is 22.0. The number of ether oxygens (including phenoxy) is 7. The van der Waals surface area contributed by atoms with Gasteiger partial charge in [-0.2, -0.15) is 5.26 Å². The molecule has 4 aliphatic rings. The quantitative estimate of drug-likeness (QED) is 0.0430. The van der Waals surface area contributed by atoms with Crippen LogP contribution in [0, 0.1) is 29.1 Å². The van der Waals surface area contributed by atoms with Crippen LogP contribution < -0.4 is 33.7 Å². The fraction of sp³-hybridized carbons (Fsp3) is 0.429. The number of fused-ring (bicyclic) bond motifs is 3. The van der Waals surface area contributed by atoms with E-state index in [0.717, 1.165) is 29.5 Å². The summed E-state index contributed by atoms with van der Waals surface area (Å²) < 4.78 is 43.0. The van der Waals surface area contributed by atoms with Crippen LogP contribution in [0.3, 0.4) is 0 Å². The van der Waals surface area contributed by atoms with Crippen LogP contribution >= 0.6 is 0 Å². The van der Waals surface area contributed by atoms with Crippen LogP contribution in [0.2, 0.25) is 0 Å². The van der Waals surface area contributed by atoms with Gasteiger partial charge in [0.2, 0.25) is 12.6 Å². The molecule has 2 amide bonds. The third-order valence-electron chi connectivity index (χ3n) is 13.6. The minimum Gasteiger partial charge on any atom is -0.497 e. The maximum absolute atomic E-state index is 15.5. The Morgan fingerprint density at radius 2 is 1.65 bits per heavy atom. The largest absolute Gasteiger partial charge is 0.497 e. The van der Waals surface area contributed by atoms with Crippen LogP contribution in [0.1, 0.15) is 98.7 Å². The van der Waals surface area contributed by atoms with Gasteiger partial charge in [-0.25, -0.2) is 4.79 Å². The van der Waals surface area contributed by atoms with Crippen molar-refractivity contribution in [3.8, 4) is 40.6 Å². The van der Waals surface area contributed by atoms with Crippen LogP contribution in [0.25, 0.3) is 0 Å². The highest BCUT2D eigenvalue weighted by Crippen LogP contribution is 2.62. The van der Waals surface area contributed by atoms with Crippen molar-refractivity contribution in [1.29, 1.82) is 5.26 Å². The van der Waals surface area contributed by atoms with E-state index < -0.39 is 35.4 Å². The zero-order valence-electron chi connectivity index (χ0n) is 41.6. The molecule has 2 aliphatic heterocycles. The molecule has 16 nitrogen and oxygen atoms in total. The Kier molecular flexibility index (Phi) is 16.1. The number of carbonyl (C=O) groups is 2. The Morgan fingerprint density at radius 3 is 2.36 bits per heavy atom. The number of carbonyl (C=O) groups excluding carboxylic acids is 2. The molecule has 380 valence electrons. The van der Waals surface area contributed by atoms with Gasteiger partial charge in [0.05, 0.1) is 49.8 Å². The van der Waals surface area contributed by atoms with E-state index >= 15 is 4.79 Å². The van der Waals surface area contributed by atoms with Crippen LogP contribution in [0.5, 0.6) is 34.5 Å². The SMILES string of the molecule is C=CCO[C@@]12Oc3ccc(OC(=O)Nc4ccc(OC)cc4OC)cc3[C@H]3[C@H](CCCCO)[C@@H](CCCCO)C=C(C(=NOC(C)(C)C)C[C@@H]1N(Cc1ccc4c(c1)OCO4)C(=O)c1ccc(C#N)cc1)[C@H]32. The lowest BCUT2D eigenvalue weighted by Gasteiger charge is -2.60. The van der Waals surface area contributed by atoms with Crippen LogP contribution in [0.4, 0.5) is 10.5 Å². The van der Waals surface area contributed by atoms with Crippen molar-refractivity contribution < 1.29 is 57.8 Å². The van der Waals surface area contributed by atoms with Gasteiger partial charge < -0.3 is 53.1 Å². The fourth-order valence-corrected chi connectivity index (χ4v) is 10.5. The number of rotatable bonds is 20. The molecule has 1 fully saturated rings. The van der Waals surface area contributed by atoms with E-state index in [0.29, 0.717) is 77.0 Å². The van der Waals surface area contributed by atoms with Crippen molar-refractivity contribution in [3.05, 3.63) is 125 Å². The highest BCUT2D eigenvalue weighted by atomic mass is 16.7.